The van der Waals surface area contributed by atoms with E-state index in [1.807, 2.05) is 47.4 Å². The van der Waals surface area contributed by atoms with Crippen molar-refractivity contribution in [1.82, 2.24) is 4.90 Å². The van der Waals surface area contributed by atoms with Crippen molar-refractivity contribution in [3.63, 3.8) is 0 Å². The Balaban J connectivity index is 1.53. The van der Waals surface area contributed by atoms with E-state index >= 15 is 0 Å². The Morgan fingerprint density at radius 3 is 2.78 bits per heavy atom. The molecular formula is C22H21BrFNO2. The van der Waals surface area contributed by atoms with Gasteiger partial charge in [-0.2, -0.15) is 0 Å². The zero-order valence-electron chi connectivity index (χ0n) is 14.9. The number of nitrogens with zero attached hydrogens (tertiary/aromatic N) is 1. The Labute approximate surface area is 167 Å². The summed E-state index contributed by atoms with van der Waals surface area (Å²) in [6.07, 6.45) is 5.30. The molecule has 2 heterocycles. The van der Waals surface area contributed by atoms with Crippen LogP contribution in [0.15, 0.2) is 59.1 Å². The van der Waals surface area contributed by atoms with Gasteiger partial charge in [0.25, 0.3) is 0 Å². The topological polar surface area (TPSA) is 29.5 Å². The first kappa shape index (κ1) is 18.2. The minimum atomic E-state index is -0.279. The number of hydrogen-bond donors (Lipinski definition) is 0. The normalized spacial score (nSPS) is 21.6. The average Bonchev–Trinajstić information content (AvgIpc) is 2.68. The lowest BCUT2D eigenvalue weighted by molar-refractivity contribution is 0.0510. The lowest BCUT2D eigenvalue weighted by Gasteiger charge is -2.44. The quantitative estimate of drug-likeness (QED) is 0.604. The van der Waals surface area contributed by atoms with Gasteiger partial charge in [0.05, 0.1) is 6.04 Å². The summed E-state index contributed by atoms with van der Waals surface area (Å²) in [6.45, 7) is 0.270. The fraction of sp³-hybridized carbons (Fsp3) is 0.318. The van der Waals surface area contributed by atoms with Crippen molar-refractivity contribution in [1.29, 1.82) is 0 Å². The number of piperidine rings is 1. The molecule has 3 nitrogen and oxygen atoms in total. The Hall–Kier alpha value is -2.14. The summed E-state index contributed by atoms with van der Waals surface area (Å²) in [5, 5.41) is 0. The van der Waals surface area contributed by atoms with Crippen LogP contribution in [0.25, 0.3) is 5.57 Å². The van der Waals surface area contributed by atoms with Gasteiger partial charge in [-0.05, 0) is 55.0 Å². The molecule has 0 radical (unpaired) electrons. The third-order valence-electron chi connectivity index (χ3n) is 5.33. The predicted molar refractivity (Wildman–Crippen MR) is 107 cm³/mol. The minimum Gasteiger partial charge on any atom is -0.445 e. The Bertz CT molecular complexity index is 868. The molecule has 2 bridgehead atoms. The van der Waals surface area contributed by atoms with E-state index in [0.717, 1.165) is 34.9 Å². The largest absolute Gasteiger partial charge is 0.445 e. The van der Waals surface area contributed by atoms with Crippen LogP contribution in [0.4, 0.5) is 9.18 Å². The number of amides is 1. The highest BCUT2D eigenvalue weighted by molar-refractivity contribution is 9.10. The van der Waals surface area contributed by atoms with Gasteiger partial charge in [-0.3, -0.25) is 4.90 Å². The first-order valence-electron chi connectivity index (χ1n) is 9.27. The van der Waals surface area contributed by atoms with Gasteiger partial charge in [0, 0.05) is 16.1 Å². The fourth-order valence-corrected chi connectivity index (χ4v) is 4.41. The average molecular weight is 430 g/mol. The van der Waals surface area contributed by atoms with Gasteiger partial charge in [-0.15, -0.1) is 0 Å². The molecule has 5 heteroatoms. The van der Waals surface area contributed by atoms with Crippen LogP contribution in [-0.2, 0) is 11.3 Å². The molecule has 2 aromatic rings. The molecule has 0 aromatic heterocycles. The number of fused-ring (bicyclic) bond motifs is 2. The van der Waals surface area contributed by atoms with E-state index < -0.39 is 0 Å². The van der Waals surface area contributed by atoms with Gasteiger partial charge in [-0.25, -0.2) is 9.18 Å². The van der Waals surface area contributed by atoms with Crippen molar-refractivity contribution in [2.45, 2.75) is 44.4 Å². The Morgan fingerprint density at radius 2 is 2.00 bits per heavy atom. The molecule has 1 amide bonds. The van der Waals surface area contributed by atoms with Crippen molar-refractivity contribution in [3.05, 3.63) is 76.0 Å². The highest BCUT2D eigenvalue weighted by Crippen LogP contribution is 2.38. The summed E-state index contributed by atoms with van der Waals surface area (Å²) in [7, 11) is 0. The Kier molecular flexibility index (Phi) is 5.30. The molecule has 1 fully saturated rings. The lowest BCUT2D eigenvalue weighted by Crippen LogP contribution is -2.51. The number of halogens is 2. The minimum absolute atomic E-state index is 0.0332. The van der Waals surface area contributed by atoms with E-state index in [0.29, 0.717) is 12.0 Å². The number of carbonyl (C=O) groups is 1. The zero-order valence-corrected chi connectivity index (χ0v) is 16.5. The molecule has 4 rings (SSSR count). The second kappa shape index (κ2) is 7.85. The summed E-state index contributed by atoms with van der Waals surface area (Å²) in [4.78, 5) is 14.6. The molecule has 27 heavy (non-hydrogen) atoms. The van der Waals surface area contributed by atoms with Crippen LogP contribution in [0.5, 0.6) is 0 Å². The molecule has 2 aliphatic rings. The number of carbonyl (C=O) groups excluding carboxylic acids is 1. The van der Waals surface area contributed by atoms with E-state index in [1.54, 1.807) is 6.07 Å². The van der Waals surface area contributed by atoms with Crippen molar-refractivity contribution in [2.24, 2.45) is 0 Å². The molecule has 0 saturated carbocycles. The Morgan fingerprint density at radius 1 is 1.19 bits per heavy atom. The second-order valence-corrected chi connectivity index (χ2v) is 8.04. The molecule has 1 saturated heterocycles. The van der Waals surface area contributed by atoms with Gasteiger partial charge in [-0.1, -0.05) is 52.3 Å². The molecule has 0 aliphatic carbocycles. The first-order valence-corrected chi connectivity index (χ1v) is 10.1. The number of hydrogen-bond acceptors (Lipinski definition) is 2. The maximum absolute atomic E-state index is 14.3. The van der Waals surface area contributed by atoms with E-state index in [2.05, 4.69) is 15.9 Å². The SMILES string of the molecule is O=C(OCc1ccccc1)N1C2C=C(c3cc(Br)ccc3F)CC1CCC2. The van der Waals surface area contributed by atoms with E-state index in [-0.39, 0.29) is 30.6 Å². The number of benzene rings is 2. The van der Waals surface area contributed by atoms with Crippen LogP contribution in [0.1, 0.15) is 36.8 Å². The fourth-order valence-electron chi connectivity index (χ4n) is 4.05. The monoisotopic (exact) mass is 429 g/mol. The summed E-state index contributed by atoms with van der Waals surface area (Å²) in [5.41, 5.74) is 2.58. The number of ether oxygens (including phenoxy) is 1. The molecule has 0 N–H and O–H groups in total. The van der Waals surface area contributed by atoms with E-state index in [1.165, 1.54) is 6.07 Å². The maximum atomic E-state index is 14.3. The maximum Gasteiger partial charge on any atom is 0.410 e. The lowest BCUT2D eigenvalue weighted by atomic mass is 9.83. The highest BCUT2D eigenvalue weighted by atomic mass is 79.9. The van der Waals surface area contributed by atoms with Crippen molar-refractivity contribution < 1.29 is 13.9 Å². The van der Waals surface area contributed by atoms with Gasteiger partial charge in [0.2, 0.25) is 0 Å². The van der Waals surface area contributed by atoms with E-state index in [9.17, 15) is 9.18 Å². The highest BCUT2D eigenvalue weighted by Gasteiger charge is 2.38. The van der Waals surface area contributed by atoms with Crippen LogP contribution in [0, 0.1) is 5.82 Å². The zero-order chi connectivity index (χ0) is 18.8. The van der Waals surface area contributed by atoms with Crippen molar-refractivity contribution in [2.75, 3.05) is 0 Å². The summed E-state index contributed by atoms with van der Waals surface area (Å²) < 4.78 is 20.7. The molecule has 2 atom stereocenters. The van der Waals surface area contributed by atoms with Gasteiger partial charge < -0.3 is 4.74 Å². The first-order chi connectivity index (χ1) is 13.1. The molecular weight excluding hydrogens is 409 g/mol. The smallest absolute Gasteiger partial charge is 0.410 e. The third-order valence-corrected chi connectivity index (χ3v) is 5.82. The van der Waals surface area contributed by atoms with Crippen LogP contribution >= 0.6 is 15.9 Å². The molecule has 140 valence electrons. The van der Waals surface area contributed by atoms with Crippen molar-refractivity contribution >= 4 is 27.6 Å². The third kappa shape index (κ3) is 3.93. The van der Waals surface area contributed by atoms with Gasteiger partial charge in [0.1, 0.15) is 12.4 Å². The summed E-state index contributed by atoms with van der Waals surface area (Å²) in [6, 6.07) is 14.7. The summed E-state index contributed by atoms with van der Waals surface area (Å²) >= 11 is 3.42. The van der Waals surface area contributed by atoms with Crippen LogP contribution in [-0.4, -0.2) is 23.1 Å². The van der Waals surface area contributed by atoms with Crippen LogP contribution < -0.4 is 0 Å². The predicted octanol–water partition coefficient (Wildman–Crippen LogP) is 5.94. The van der Waals surface area contributed by atoms with E-state index in [4.69, 9.17) is 4.74 Å². The standard InChI is InChI=1S/C22H21BrFNO2/c23-17-9-10-21(24)20(13-17)16-11-18-7-4-8-19(12-16)25(18)22(26)27-14-15-5-2-1-3-6-15/h1-3,5-6,9-11,13,18-19H,4,7-8,12,14H2. The van der Waals surface area contributed by atoms with Crippen molar-refractivity contribution in [3.8, 4) is 0 Å². The molecule has 2 aliphatic heterocycles. The van der Waals surface area contributed by atoms with Gasteiger partial charge in [0.15, 0.2) is 0 Å². The molecule has 2 unspecified atom stereocenters. The van der Waals surface area contributed by atoms with Gasteiger partial charge >= 0.3 is 6.09 Å². The second-order valence-electron chi connectivity index (χ2n) is 7.12. The molecule has 2 aromatic carbocycles. The molecule has 0 spiro atoms. The van der Waals surface area contributed by atoms with Crippen LogP contribution in [0.3, 0.4) is 0 Å². The summed E-state index contributed by atoms with van der Waals surface area (Å²) in [5.74, 6) is -0.220. The number of rotatable bonds is 3. The van der Waals surface area contributed by atoms with Crippen LogP contribution in [0.2, 0.25) is 0 Å².